The van der Waals surface area contributed by atoms with Gasteiger partial charge in [0, 0.05) is 29.9 Å². The van der Waals surface area contributed by atoms with Crippen LogP contribution in [0.2, 0.25) is 5.02 Å². The molecule has 5 nitrogen and oxygen atoms in total. The molecule has 6 heteroatoms. The van der Waals surface area contributed by atoms with Crippen LogP contribution in [0.15, 0.2) is 18.3 Å². The molecule has 0 fully saturated rings. The van der Waals surface area contributed by atoms with Gasteiger partial charge >= 0.3 is 0 Å². The van der Waals surface area contributed by atoms with Crippen molar-refractivity contribution in [2.45, 2.75) is 13.5 Å². The van der Waals surface area contributed by atoms with Crippen LogP contribution in [0, 0.1) is 6.92 Å². The first-order chi connectivity index (χ1) is 9.24. The minimum atomic E-state index is 0.560. The second kappa shape index (κ2) is 5.01. The second-order valence-electron chi connectivity index (χ2n) is 4.35. The third-order valence-corrected chi connectivity index (χ3v) is 3.35. The number of benzene rings is 1. The highest BCUT2D eigenvalue weighted by atomic mass is 35.5. The van der Waals surface area contributed by atoms with Gasteiger partial charge in [-0.05, 0) is 6.92 Å². The van der Waals surface area contributed by atoms with Gasteiger partial charge in [-0.1, -0.05) is 11.6 Å². The third kappa shape index (κ3) is 2.46. The molecule has 0 amide bonds. The van der Waals surface area contributed by atoms with Crippen LogP contribution in [0.25, 0.3) is 0 Å². The fourth-order valence-electron chi connectivity index (χ4n) is 1.94. The van der Waals surface area contributed by atoms with Gasteiger partial charge in [-0.15, -0.1) is 0 Å². The van der Waals surface area contributed by atoms with Gasteiger partial charge in [-0.3, -0.25) is 5.10 Å². The van der Waals surface area contributed by atoms with Crippen LogP contribution in [0.4, 0.5) is 5.69 Å². The van der Waals surface area contributed by atoms with Gasteiger partial charge in [-0.25, -0.2) is 0 Å². The summed E-state index contributed by atoms with van der Waals surface area (Å²) in [5.74, 6) is 1.42. The molecule has 1 aliphatic rings. The number of hydrogen-bond acceptors (Lipinski definition) is 4. The molecule has 0 saturated heterocycles. The first-order valence-corrected chi connectivity index (χ1v) is 6.43. The van der Waals surface area contributed by atoms with Crippen molar-refractivity contribution in [1.82, 2.24) is 10.2 Å². The van der Waals surface area contributed by atoms with Gasteiger partial charge in [0.15, 0.2) is 11.5 Å². The number of nitrogens with one attached hydrogen (secondary N) is 2. The Morgan fingerprint density at radius 1 is 1.32 bits per heavy atom. The Hall–Kier alpha value is -1.88. The van der Waals surface area contributed by atoms with Crippen molar-refractivity contribution < 1.29 is 9.47 Å². The highest BCUT2D eigenvalue weighted by Crippen LogP contribution is 2.38. The number of rotatable bonds is 3. The molecule has 1 aliphatic heterocycles. The summed E-state index contributed by atoms with van der Waals surface area (Å²) >= 11 is 6.22. The van der Waals surface area contributed by atoms with Crippen molar-refractivity contribution >= 4 is 17.3 Å². The summed E-state index contributed by atoms with van der Waals surface area (Å²) in [5, 5.41) is 10.8. The number of hydrogen-bond donors (Lipinski definition) is 2. The minimum Gasteiger partial charge on any atom is -0.486 e. The Morgan fingerprint density at radius 3 is 2.74 bits per heavy atom. The van der Waals surface area contributed by atoms with Crippen molar-refractivity contribution in [1.29, 1.82) is 0 Å². The number of fused-ring (bicyclic) bond motifs is 1. The molecule has 0 aliphatic carbocycles. The molecule has 100 valence electrons. The zero-order valence-corrected chi connectivity index (χ0v) is 11.3. The Labute approximate surface area is 115 Å². The first kappa shape index (κ1) is 12.2. The van der Waals surface area contributed by atoms with E-state index in [1.807, 2.05) is 13.0 Å². The Kier molecular flexibility index (Phi) is 3.21. The number of anilines is 1. The fraction of sp³-hybridized carbons (Fsp3) is 0.308. The summed E-state index contributed by atoms with van der Waals surface area (Å²) in [7, 11) is 0. The molecule has 19 heavy (non-hydrogen) atoms. The molecule has 0 spiro atoms. The number of halogens is 1. The summed E-state index contributed by atoms with van der Waals surface area (Å²) in [6, 6.07) is 3.65. The van der Waals surface area contributed by atoms with E-state index in [1.165, 1.54) is 0 Å². The second-order valence-corrected chi connectivity index (χ2v) is 4.76. The first-order valence-electron chi connectivity index (χ1n) is 6.06. The van der Waals surface area contributed by atoms with Gasteiger partial charge in [0.1, 0.15) is 13.2 Å². The zero-order valence-electron chi connectivity index (χ0n) is 10.5. The number of H-pyrrole nitrogens is 1. The highest BCUT2D eigenvalue weighted by Gasteiger charge is 2.15. The van der Waals surface area contributed by atoms with Crippen molar-refractivity contribution in [2.24, 2.45) is 0 Å². The van der Waals surface area contributed by atoms with Crippen molar-refractivity contribution in [3.63, 3.8) is 0 Å². The maximum absolute atomic E-state index is 6.22. The summed E-state index contributed by atoms with van der Waals surface area (Å²) in [4.78, 5) is 0. The van der Waals surface area contributed by atoms with Gasteiger partial charge in [-0.2, -0.15) is 5.10 Å². The number of nitrogens with zero attached hydrogens (tertiary/aromatic N) is 1. The molecular formula is C13H14ClN3O2. The van der Waals surface area contributed by atoms with Crippen LogP contribution >= 0.6 is 11.6 Å². The minimum absolute atomic E-state index is 0.560. The molecule has 1 aromatic carbocycles. The van der Waals surface area contributed by atoms with E-state index < -0.39 is 0 Å². The molecule has 0 radical (unpaired) electrons. The van der Waals surface area contributed by atoms with E-state index in [2.05, 4.69) is 15.5 Å². The molecule has 0 unspecified atom stereocenters. The average molecular weight is 280 g/mol. The molecule has 1 aromatic heterocycles. The SMILES string of the molecule is Cc1[nH]ncc1CNc1cc2c(cc1Cl)OCCO2. The summed E-state index contributed by atoms with van der Waals surface area (Å²) in [6.07, 6.45) is 1.80. The molecule has 2 N–H and O–H groups in total. The standard InChI is InChI=1S/C13H14ClN3O2/c1-8-9(7-16-17-8)6-15-11-5-13-12(4-10(11)14)18-2-3-19-13/h4-5,7,15H,2-3,6H2,1H3,(H,16,17). The van der Waals surface area contributed by atoms with Crippen molar-refractivity contribution in [3.8, 4) is 11.5 Å². The molecule has 0 saturated carbocycles. The van der Waals surface area contributed by atoms with Crippen LogP contribution in [0.5, 0.6) is 11.5 Å². The fourth-order valence-corrected chi connectivity index (χ4v) is 2.16. The van der Waals surface area contributed by atoms with Crippen LogP contribution in [-0.2, 0) is 6.54 Å². The number of aryl methyl sites for hydroxylation is 1. The summed E-state index contributed by atoms with van der Waals surface area (Å²) in [6.45, 7) is 3.76. The van der Waals surface area contributed by atoms with E-state index in [9.17, 15) is 0 Å². The lowest BCUT2D eigenvalue weighted by Gasteiger charge is -2.20. The Bertz CT molecular complexity index is 598. The van der Waals surface area contributed by atoms with Crippen LogP contribution < -0.4 is 14.8 Å². The van der Waals surface area contributed by atoms with E-state index in [0.717, 1.165) is 22.7 Å². The van der Waals surface area contributed by atoms with Crippen LogP contribution in [0.1, 0.15) is 11.3 Å². The Balaban J connectivity index is 1.79. The average Bonchev–Trinajstić information content (AvgIpc) is 2.82. The molecule has 0 atom stereocenters. The maximum Gasteiger partial charge on any atom is 0.163 e. The van der Waals surface area contributed by atoms with E-state index in [-0.39, 0.29) is 0 Å². The zero-order chi connectivity index (χ0) is 13.2. The van der Waals surface area contributed by atoms with E-state index in [1.54, 1.807) is 12.3 Å². The normalized spacial score (nSPS) is 13.4. The topological polar surface area (TPSA) is 59.2 Å². The number of ether oxygens (including phenoxy) is 2. The molecule has 0 bridgehead atoms. The Morgan fingerprint density at radius 2 is 2.05 bits per heavy atom. The summed E-state index contributed by atoms with van der Waals surface area (Å²) < 4.78 is 11.0. The van der Waals surface area contributed by atoms with Crippen LogP contribution in [0.3, 0.4) is 0 Å². The molecular weight excluding hydrogens is 266 g/mol. The number of aromatic amines is 1. The summed E-state index contributed by atoms with van der Waals surface area (Å²) in [5.41, 5.74) is 2.97. The number of aromatic nitrogens is 2. The lowest BCUT2D eigenvalue weighted by atomic mass is 10.2. The molecule has 2 aromatic rings. The van der Waals surface area contributed by atoms with Crippen molar-refractivity contribution in [3.05, 3.63) is 34.6 Å². The third-order valence-electron chi connectivity index (χ3n) is 3.04. The lowest BCUT2D eigenvalue weighted by molar-refractivity contribution is 0.171. The van der Waals surface area contributed by atoms with E-state index in [4.69, 9.17) is 21.1 Å². The molecule has 3 rings (SSSR count). The predicted molar refractivity (Wildman–Crippen MR) is 73.1 cm³/mol. The smallest absolute Gasteiger partial charge is 0.163 e. The lowest BCUT2D eigenvalue weighted by Crippen LogP contribution is -2.15. The monoisotopic (exact) mass is 279 g/mol. The predicted octanol–water partition coefficient (Wildman–Crippen LogP) is 2.75. The van der Waals surface area contributed by atoms with Gasteiger partial charge in [0.25, 0.3) is 0 Å². The highest BCUT2D eigenvalue weighted by molar-refractivity contribution is 6.33. The van der Waals surface area contributed by atoms with Gasteiger partial charge < -0.3 is 14.8 Å². The van der Waals surface area contributed by atoms with Gasteiger partial charge in [0.05, 0.1) is 16.9 Å². The van der Waals surface area contributed by atoms with Crippen molar-refractivity contribution in [2.75, 3.05) is 18.5 Å². The van der Waals surface area contributed by atoms with E-state index in [0.29, 0.717) is 30.5 Å². The van der Waals surface area contributed by atoms with E-state index >= 15 is 0 Å². The van der Waals surface area contributed by atoms with Crippen LogP contribution in [-0.4, -0.2) is 23.4 Å². The maximum atomic E-state index is 6.22. The molecule has 2 heterocycles. The van der Waals surface area contributed by atoms with Gasteiger partial charge in [0.2, 0.25) is 0 Å². The quantitative estimate of drug-likeness (QED) is 0.907. The largest absolute Gasteiger partial charge is 0.486 e.